The first-order chi connectivity index (χ1) is 11.2. The number of nitrogens with zero attached hydrogens (tertiary/aromatic N) is 1. The summed E-state index contributed by atoms with van der Waals surface area (Å²) in [6, 6.07) is 9.98. The monoisotopic (exact) mass is 319 g/mol. The number of hydrogen-bond donors (Lipinski definition) is 3. The fourth-order valence-electron chi connectivity index (χ4n) is 3.27. The number of piperidine rings is 1. The molecule has 1 unspecified atom stereocenters. The molecule has 1 aliphatic rings. The summed E-state index contributed by atoms with van der Waals surface area (Å²) in [6.45, 7) is 2.21. The second-order valence-corrected chi connectivity index (χ2v) is 6.26. The van der Waals surface area contributed by atoms with E-state index >= 15 is 0 Å². The van der Waals surface area contributed by atoms with Crippen molar-refractivity contribution >= 4 is 0 Å². The lowest BCUT2D eigenvalue weighted by atomic mass is 9.99. The lowest BCUT2D eigenvalue weighted by Gasteiger charge is -2.33. The normalized spacial score (nSPS) is 22.3. The van der Waals surface area contributed by atoms with E-state index in [1.165, 1.54) is 17.7 Å². The van der Waals surface area contributed by atoms with Gasteiger partial charge in [-0.15, -0.1) is 0 Å². The van der Waals surface area contributed by atoms with Crippen LogP contribution in [0, 0.1) is 11.3 Å². The van der Waals surface area contributed by atoms with E-state index in [0.717, 1.165) is 24.9 Å². The Bertz CT molecular complexity index is 496. The number of ether oxygens (including phenoxy) is 1. The lowest BCUT2D eigenvalue weighted by Crippen LogP contribution is -3.17. The summed E-state index contributed by atoms with van der Waals surface area (Å²) in [6.07, 6.45) is 4.23. The molecule has 1 aliphatic heterocycles. The maximum absolute atomic E-state index is 10.2. The van der Waals surface area contributed by atoms with Crippen LogP contribution in [0.1, 0.15) is 31.2 Å². The minimum Gasteiger partial charge on any atom is -0.491 e. The van der Waals surface area contributed by atoms with Gasteiger partial charge in [0.25, 0.3) is 0 Å². The molecule has 1 saturated heterocycles. The van der Waals surface area contributed by atoms with Gasteiger partial charge in [-0.3, -0.25) is 0 Å². The van der Waals surface area contributed by atoms with Crippen molar-refractivity contribution in [2.24, 2.45) is 0 Å². The van der Waals surface area contributed by atoms with E-state index in [1.54, 1.807) is 0 Å². The molecule has 5 heteroatoms. The third-order valence-electron chi connectivity index (χ3n) is 4.50. The molecule has 1 heterocycles. The molecule has 126 valence electrons. The molecular formula is C18H27N2O3+. The van der Waals surface area contributed by atoms with Crippen LogP contribution >= 0.6 is 0 Å². The second-order valence-electron chi connectivity index (χ2n) is 6.26. The highest BCUT2D eigenvalue weighted by Crippen LogP contribution is 2.12. The van der Waals surface area contributed by atoms with Gasteiger partial charge in [-0.2, -0.15) is 5.26 Å². The third kappa shape index (κ3) is 5.83. The number of likely N-dealkylation sites (tertiary alicyclic amines) is 1. The molecule has 23 heavy (non-hydrogen) atoms. The molecule has 3 N–H and O–H groups in total. The fraction of sp³-hybridized carbons (Fsp3) is 0.611. The van der Waals surface area contributed by atoms with Crippen molar-refractivity contribution in [1.82, 2.24) is 0 Å². The van der Waals surface area contributed by atoms with Crippen molar-refractivity contribution < 1.29 is 19.8 Å². The van der Waals surface area contributed by atoms with Gasteiger partial charge >= 0.3 is 0 Å². The number of aliphatic hydroxyl groups is 2. The molecule has 0 bridgehead atoms. The molecule has 5 nitrogen and oxygen atoms in total. The number of aliphatic hydroxyl groups excluding tert-OH is 2. The number of nitriles is 1. The van der Waals surface area contributed by atoms with Crippen molar-refractivity contribution in [2.45, 2.75) is 44.2 Å². The highest BCUT2D eigenvalue weighted by atomic mass is 16.5. The summed E-state index contributed by atoms with van der Waals surface area (Å²) in [5.74, 6) is 0.714. The Morgan fingerprint density at radius 3 is 2.78 bits per heavy atom. The van der Waals surface area contributed by atoms with Crippen LogP contribution < -0.4 is 9.64 Å². The molecule has 0 aliphatic carbocycles. The summed E-state index contributed by atoms with van der Waals surface area (Å²) >= 11 is 0. The van der Waals surface area contributed by atoms with Crippen LogP contribution in [0.15, 0.2) is 24.3 Å². The van der Waals surface area contributed by atoms with Crippen LogP contribution in [0.4, 0.5) is 0 Å². The molecule has 1 aromatic rings. The Hall–Kier alpha value is -1.61. The summed E-state index contributed by atoms with van der Waals surface area (Å²) < 4.78 is 5.64. The Balaban J connectivity index is 1.77. The van der Waals surface area contributed by atoms with Crippen molar-refractivity contribution in [1.29, 1.82) is 5.26 Å². The number of quaternary nitrogens is 1. The van der Waals surface area contributed by atoms with Crippen molar-refractivity contribution in [3.8, 4) is 11.8 Å². The number of hydrogen-bond acceptors (Lipinski definition) is 4. The van der Waals surface area contributed by atoms with Crippen molar-refractivity contribution in [3.63, 3.8) is 0 Å². The number of nitrogens with one attached hydrogen (secondary N) is 1. The highest BCUT2D eigenvalue weighted by Gasteiger charge is 2.27. The molecule has 2 rings (SSSR count). The van der Waals surface area contributed by atoms with Crippen LogP contribution in [-0.2, 0) is 6.42 Å². The zero-order valence-corrected chi connectivity index (χ0v) is 13.6. The van der Waals surface area contributed by atoms with E-state index in [4.69, 9.17) is 15.1 Å². The van der Waals surface area contributed by atoms with Gasteiger partial charge in [0.1, 0.15) is 25.0 Å². The molecule has 3 atom stereocenters. The van der Waals surface area contributed by atoms with Crippen LogP contribution in [0.25, 0.3) is 0 Å². The van der Waals surface area contributed by atoms with Gasteiger partial charge in [0.05, 0.1) is 25.1 Å². The maximum atomic E-state index is 10.2. The van der Waals surface area contributed by atoms with Gasteiger partial charge in [0.15, 0.2) is 0 Å². The van der Waals surface area contributed by atoms with Gasteiger partial charge in [-0.05, 0) is 37.0 Å². The van der Waals surface area contributed by atoms with Crippen LogP contribution in [-0.4, -0.2) is 48.7 Å². The Kier molecular flexibility index (Phi) is 7.34. The predicted octanol–water partition coefficient (Wildman–Crippen LogP) is 0.312. The smallest absolute Gasteiger partial charge is 0.137 e. The van der Waals surface area contributed by atoms with Crippen LogP contribution in [0.3, 0.4) is 0 Å². The molecule has 0 aromatic heterocycles. The maximum Gasteiger partial charge on any atom is 0.137 e. The van der Waals surface area contributed by atoms with E-state index in [-0.39, 0.29) is 13.2 Å². The average Bonchev–Trinajstić information content (AvgIpc) is 2.57. The van der Waals surface area contributed by atoms with E-state index < -0.39 is 6.10 Å². The van der Waals surface area contributed by atoms with Gasteiger partial charge < -0.3 is 19.8 Å². The standard InChI is InChI=1S/C18H26N2O3/c19-10-8-15-4-6-18(7-5-15)23-14-17(22)13-20-11-2-1-3-16(20)9-12-21/h4-7,16-17,21-22H,1-3,8-9,11-14H2/p+1/t16-,17+/m0/s1. The lowest BCUT2D eigenvalue weighted by molar-refractivity contribution is -0.933. The highest BCUT2D eigenvalue weighted by molar-refractivity contribution is 5.28. The topological polar surface area (TPSA) is 77.9 Å². The minimum atomic E-state index is -0.511. The first-order valence-electron chi connectivity index (χ1n) is 8.45. The fourth-order valence-corrected chi connectivity index (χ4v) is 3.27. The summed E-state index contributed by atoms with van der Waals surface area (Å²) in [7, 11) is 0. The molecule has 1 fully saturated rings. The predicted molar refractivity (Wildman–Crippen MR) is 87.3 cm³/mol. The van der Waals surface area contributed by atoms with Gasteiger partial charge in [-0.25, -0.2) is 0 Å². The molecule has 0 radical (unpaired) electrons. The largest absolute Gasteiger partial charge is 0.491 e. The molecule has 0 amide bonds. The molecule has 1 aromatic carbocycles. The van der Waals surface area contributed by atoms with E-state index in [9.17, 15) is 5.11 Å². The quantitative estimate of drug-likeness (QED) is 0.644. The number of benzene rings is 1. The minimum absolute atomic E-state index is 0.218. The SMILES string of the molecule is N#CCc1ccc(OC[C@H](O)C[NH+]2CCCC[C@H]2CCO)cc1. The summed E-state index contributed by atoms with van der Waals surface area (Å²) in [5.41, 5.74) is 0.963. The molecule has 0 spiro atoms. The Labute approximate surface area is 138 Å². The van der Waals surface area contributed by atoms with Crippen LogP contribution in [0.2, 0.25) is 0 Å². The van der Waals surface area contributed by atoms with Crippen LogP contribution in [0.5, 0.6) is 5.75 Å². The first-order valence-corrected chi connectivity index (χ1v) is 8.45. The average molecular weight is 319 g/mol. The molecular weight excluding hydrogens is 292 g/mol. The van der Waals surface area contributed by atoms with Gasteiger partial charge in [0, 0.05) is 13.0 Å². The first kappa shape index (κ1) is 17.7. The summed E-state index contributed by atoms with van der Waals surface area (Å²) in [4.78, 5) is 1.38. The zero-order valence-electron chi connectivity index (χ0n) is 13.6. The molecule has 0 saturated carbocycles. The van der Waals surface area contributed by atoms with E-state index in [2.05, 4.69) is 6.07 Å². The van der Waals surface area contributed by atoms with Crippen molar-refractivity contribution in [2.75, 3.05) is 26.3 Å². The Morgan fingerprint density at radius 1 is 1.30 bits per heavy atom. The number of rotatable bonds is 8. The van der Waals surface area contributed by atoms with Gasteiger partial charge in [0.2, 0.25) is 0 Å². The second kappa shape index (κ2) is 9.51. The van der Waals surface area contributed by atoms with Gasteiger partial charge in [-0.1, -0.05) is 12.1 Å². The zero-order chi connectivity index (χ0) is 16.5. The summed E-state index contributed by atoms with van der Waals surface area (Å²) in [5, 5.41) is 28.0. The third-order valence-corrected chi connectivity index (χ3v) is 4.50. The van der Waals surface area contributed by atoms with E-state index in [1.807, 2.05) is 24.3 Å². The van der Waals surface area contributed by atoms with Crippen molar-refractivity contribution in [3.05, 3.63) is 29.8 Å². The van der Waals surface area contributed by atoms with E-state index in [0.29, 0.717) is 24.8 Å². The Morgan fingerprint density at radius 2 is 2.09 bits per heavy atom.